The van der Waals surface area contributed by atoms with Crippen LogP contribution < -0.4 is 11.1 Å². The molecule has 0 heterocycles. The monoisotopic (exact) mass is 197 g/mol. The standard InChI is InChI=1S/C11H23N3/c1-5-11(7-6-8-11)14-9(12)13-10(2,3)4/h5-8H2,1-4H3,(H3,12,13,14). The molecule has 3 N–H and O–H groups in total. The van der Waals surface area contributed by atoms with E-state index in [9.17, 15) is 0 Å². The van der Waals surface area contributed by atoms with Crippen molar-refractivity contribution in [3.8, 4) is 0 Å². The van der Waals surface area contributed by atoms with Crippen molar-refractivity contribution in [2.24, 2.45) is 10.7 Å². The van der Waals surface area contributed by atoms with Crippen molar-refractivity contribution in [1.82, 2.24) is 5.32 Å². The van der Waals surface area contributed by atoms with E-state index in [2.05, 4.69) is 38.0 Å². The van der Waals surface area contributed by atoms with E-state index in [1.165, 1.54) is 19.3 Å². The third kappa shape index (κ3) is 2.89. The molecule has 0 aromatic heterocycles. The number of hydrogen-bond donors (Lipinski definition) is 2. The molecule has 1 aliphatic rings. The van der Waals surface area contributed by atoms with Crippen LogP contribution in [0, 0.1) is 0 Å². The van der Waals surface area contributed by atoms with Crippen LogP contribution in [0.3, 0.4) is 0 Å². The Labute approximate surface area is 87.2 Å². The lowest BCUT2D eigenvalue weighted by atomic mass is 9.75. The normalized spacial score (nSPS) is 21.6. The second-order valence-corrected chi connectivity index (χ2v) is 5.30. The third-order valence-corrected chi connectivity index (χ3v) is 2.80. The zero-order valence-corrected chi connectivity index (χ0v) is 9.85. The quantitative estimate of drug-likeness (QED) is 0.525. The molecule has 0 bridgehead atoms. The van der Waals surface area contributed by atoms with Gasteiger partial charge < -0.3 is 11.1 Å². The summed E-state index contributed by atoms with van der Waals surface area (Å²) >= 11 is 0. The molecule has 82 valence electrons. The Balaban J connectivity index is 2.58. The van der Waals surface area contributed by atoms with Crippen molar-refractivity contribution in [3.05, 3.63) is 0 Å². The van der Waals surface area contributed by atoms with Gasteiger partial charge in [-0.05, 0) is 46.5 Å². The van der Waals surface area contributed by atoms with Crippen molar-refractivity contribution < 1.29 is 0 Å². The molecule has 0 amide bonds. The van der Waals surface area contributed by atoms with E-state index in [0.29, 0.717) is 5.96 Å². The van der Waals surface area contributed by atoms with Crippen molar-refractivity contribution in [2.45, 2.75) is 64.5 Å². The fourth-order valence-corrected chi connectivity index (χ4v) is 1.80. The largest absolute Gasteiger partial charge is 0.370 e. The fraction of sp³-hybridized carbons (Fsp3) is 0.909. The summed E-state index contributed by atoms with van der Waals surface area (Å²) in [6, 6.07) is 0. The smallest absolute Gasteiger partial charge is 0.189 e. The number of aliphatic imine (C=N–C) groups is 1. The average Bonchev–Trinajstić information content (AvgIpc) is 1.93. The fourth-order valence-electron chi connectivity index (χ4n) is 1.80. The number of hydrogen-bond acceptors (Lipinski definition) is 1. The number of nitrogens with zero attached hydrogens (tertiary/aromatic N) is 1. The zero-order chi connectivity index (χ0) is 10.8. The van der Waals surface area contributed by atoms with Crippen LogP contribution in [0.2, 0.25) is 0 Å². The first-order valence-corrected chi connectivity index (χ1v) is 5.50. The number of nitrogens with two attached hydrogens (primary N) is 1. The van der Waals surface area contributed by atoms with Crippen LogP contribution in [0.5, 0.6) is 0 Å². The first-order chi connectivity index (χ1) is 6.37. The van der Waals surface area contributed by atoms with Gasteiger partial charge in [0, 0.05) is 5.54 Å². The minimum Gasteiger partial charge on any atom is -0.370 e. The predicted octanol–water partition coefficient (Wildman–Crippen LogP) is 2.02. The Kier molecular flexibility index (Phi) is 3.07. The van der Waals surface area contributed by atoms with Gasteiger partial charge in [0.2, 0.25) is 0 Å². The van der Waals surface area contributed by atoms with Gasteiger partial charge in [0.15, 0.2) is 5.96 Å². The molecule has 14 heavy (non-hydrogen) atoms. The summed E-state index contributed by atoms with van der Waals surface area (Å²) in [5.74, 6) is 0.596. The minimum absolute atomic E-state index is 0.00621. The topological polar surface area (TPSA) is 50.4 Å². The maximum absolute atomic E-state index is 5.87. The van der Waals surface area contributed by atoms with Crippen LogP contribution >= 0.6 is 0 Å². The third-order valence-electron chi connectivity index (χ3n) is 2.80. The summed E-state index contributed by atoms with van der Waals surface area (Å²) in [7, 11) is 0. The van der Waals surface area contributed by atoms with Gasteiger partial charge >= 0.3 is 0 Å². The van der Waals surface area contributed by atoms with Crippen molar-refractivity contribution in [2.75, 3.05) is 0 Å². The molecule has 0 spiro atoms. The molecule has 0 radical (unpaired) electrons. The molecule has 1 aliphatic carbocycles. The van der Waals surface area contributed by atoms with E-state index < -0.39 is 0 Å². The highest BCUT2D eigenvalue weighted by atomic mass is 15.2. The lowest BCUT2D eigenvalue weighted by Crippen LogP contribution is -2.48. The van der Waals surface area contributed by atoms with Gasteiger partial charge in [-0.3, -0.25) is 0 Å². The molecular formula is C11H23N3. The molecule has 0 unspecified atom stereocenters. The minimum atomic E-state index is 0.00621. The molecule has 3 nitrogen and oxygen atoms in total. The zero-order valence-electron chi connectivity index (χ0n) is 9.85. The Bertz CT molecular complexity index is 216. The molecular weight excluding hydrogens is 174 g/mol. The van der Waals surface area contributed by atoms with Crippen LogP contribution in [0.25, 0.3) is 0 Å². The summed E-state index contributed by atoms with van der Waals surface area (Å²) in [6.07, 6.45) is 4.77. The molecule has 1 rings (SSSR count). The summed E-state index contributed by atoms with van der Waals surface area (Å²) in [4.78, 5) is 4.60. The first-order valence-electron chi connectivity index (χ1n) is 5.50. The van der Waals surface area contributed by atoms with Crippen LogP contribution in [0.4, 0.5) is 0 Å². The maximum atomic E-state index is 5.87. The highest BCUT2D eigenvalue weighted by molar-refractivity contribution is 5.79. The van der Waals surface area contributed by atoms with Gasteiger partial charge in [0.1, 0.15) is 0 Å². The van der Waals surface area contributed by atoms with E-state index in [4.69, 9.17) is 5.73 Å². The molecule has 0 aromatic carbocycles. The highest BCUT2D eigenvalue weighted by Gasteiger charge is 2.35. The number of rotatable bonds is 2. The van der Waals surface area contributed by atoms with E-state index >= 15 is 0 Å². The Hall–Kier alpha value is -0.730. The lowest BCUT2D eigenvalue weighted by Gasteiger charge is -2.38. The van der Waals surface area contributed by atoms with Gasteiger partial charge in [0.05, 0.1) is 5.54 Å². The van der Waals surface area contributed by atoms with E-state index in [0.717, 1.165) is 6.42 Å². The second kappa shape index (κ2) is 3.79. The van der Waals surface area contributed by atoms with E-state index in [1.54, 1.807) is 0 Å². The Morgan fingerprint density at radius 3 is 2.29 bits per heavy atom. The summed E-state index contributed by atoms with van der Waals surface area (Å²) in [5.41, 5.74) is 6.03. The molecule has 1 fully saturated rings. The van der Waals surface area contributed by atoms with Crippen LogP contribution in [0.1, 0.15) is 53.4 Å². The summed E-state index contributed by atoms with van der Waals surface area (Å²) < 4.78 is 0. The van der Waals surface area contributed by atoms with Crippen LogP contribution in [-0.2, 0) is 0 Å². The number of nitrogens with one attached hydrogen (secondary N) is 1. The van der Waals surface area contributed by atoms with E-state index in [1.807, 2.05) is 0 Å². The SMILES string of the molecule is CCC1(N=C(N)NC(C)(C)C)CCC1. The van der Waals surface area contributed by atoms with Crippen LogP contribution in [-0.4, -0.2) is 17.0 Å². The maximum Gasteiger partial charge on any atom is 0.189 e. The van der Waals surface area contributed by atoms with Gasteiger partial charge in [-0.25, -0.2) is 4.99 Å². The number of guanidine groups is 1. The summed E-state index contributed by atoms with van der Waals surface area (Å²) in [6.45, 7) is 8.46. The van der Waals surface area contributed by atoms with E-state index in [-0.39, 0.29) is 11.1 Å². The van der Waals surface area contributed by atoms with Crippen molar-refractivity contribution in [3.63, 3.8) is 0 Å². The average molecular weight is 197 g/mol. The summed E-state index contributed by atoms with van der Waals surface area (Å²) in [5, 5.41) is 3.21. The highest BCUT2D eigenvalue weighted by Crippen LogP contribution is 2.38. The molecule has 0 aliphatic heterocycles. The first kappa shape index (κ1) is 11.3. The Morgan fingerprint density at radius 1 is 1.43 bits per heavy atom. The predicted molar refractivity (Wildman–Crippen MR) is 61.4 cm³/mol. The van der Waals surface area contributed by atoms with Crippen LogP contribution in [0.15, 0.2) is 4.99 Å². The molecule has 0 saturated heterocycles. The second-order valence-electron chi connectivity index (χ2n) is 5.30. The van der Waals surface area contributed by atoms with Gasteiger partial charge in [-0.1, -0.05) is 6.92 Å². The lowest BCUT2D eigenvalue weighted by molar-refractivity contribution is 0.242. The molecule has 0 atom stereocenters. The van der Waals surface area contributed by atoms with Crippen molar-refractivity contribution >= 4 is 5.96 Å². The Morgan fingerprint density at radius 2 is 2.00 bits per heavy atom. The van der Waals surface area contributed by atoms with Gasteiger partial charge in [-0.15, -0.1) is 0 Å². The van der Waals surface area contributed by atoms with Crippen molar-refractivity contribution in [1.29, 1.82) is 0 Å². The molecule has 0 aromatic rings. The molecule has 3 heteroatoms. The van der Waals surface area contributed by atoms with Gasteiger partial charge in [0.25, 0.3) is 0 Å². The van der Waals surface area contributed by atoms with Gasteiger partial charge in [-0.2, -0.15) is 0 Å². The molecule has 1 saturated carbocycles.